The molecule has 3 nitrogen and oxygen atoms in total. The molecule has 1 aromatic carbocycles. The molecule has 0 saturated carbocycles. The second-order valence-corrected chi connectivity index (χ2v) is 4.42. The molecule has 0 spiro atoms. The number of carbonyl (C=O) groups is 1. The lowest BCUT2D eigenvalue weighted by Crippen LogP contribution is -2.41. The van der Waals surface area contributed by atoms with Gasteiger partial charge in [0.1, 0.15) is 5.75 Å². The highest BCUT2D eigenvalue weighted by Crippen LogP contribution is 2.24. The average molecular weight is 256 g/mol. The number of ether oxygens (including phenoxy) is 1. The lowest BCUT2D eigenvalue weighted by Gasteiger charge is -2.18. The molecule has 0 aromatic heterocycles. The standard InChI is InChI=1S/C13H18ClNO2/c1-4-9(2)15-13(16)10(3)17-12-8-6-5-7-11(12)14/h5-10H,4H2,1-3H3,(H,15,16)/t9-,10+/m1/s1. The molecule has 0 aliphatic heterocycles. The van der Waals surface area contributed by atoms with Crippen LogP contribution in [0.5, 0.6) is 5.75 Å². The van der Waals surface area contributed by atoms with Gasteiger partial charge in [0.15, 0.2) is 6.10 Å². The topological polar surface area (TPSA) is 38.3 Å². The van der Waals surface area contributed by atoms with E-state index in [-0.39, 0.29) is 11.9 Å². The van der Waals surface area contributed by atoms with Gasteiger partial charge in [0.05, 0.1) is 5.02 Å². The first-order valence-corrected chi connectivity index (χ1v) is 6.14. The van der Waals surface area contributed by atoms with Gasteiger partial charge in [-0.1, -0.05) is 30.7 Å². The Bertz CT molecular complexity index is 381. The minimum Gasteiger partial charge on any atom is -0.479 e. The third-order valence-corrected chi connectivity index (χ3v) is 2.82. The van der Waals surface area contributed by atoms with Crippen molar-refractivity contribution in [1.29, 1.82) is 0 Å². The van der Waals surface area contributed by atoms with Gasteiger partial charge in [0.2, 0.25) is 0 Å². The second kappa shape index (κ2) is 6.50. The fourth-order valence-electron chi connectivity index (χ4n) is 1.25. The van der Waals surface area contributed by atoms with Gasteiger partial charge < -0.3 is 10.1 Å². The van der Waals surface area contributed by atoms with E-state index in [4.69, 9.17) is 16.3 Å². The van der Waals surface area contributed by atoms with Gasteiger partial charge in [-0.3, -0.25) is 4.79 Å². The molecule has 1 N–H and O–H groups in total. The van der Waals surface area contributed by atoms with Crippen LogP contribution in [-0.2, 0) is 4.79 Å². The van der Waals surface area contributed by atoms with E-state index < -0.39 is 6.10 Å². The third kappa shape index (κ3) is 4.27. The molecule has 0 saturated heterocycles. The van der Waals surface area contributed by atoms with Crippen molar-refractivity contribution in [3.8, 4) is 5.75 Å². The van der Waals surface area contributed by atoms with E-state index in [1.807, 2.05) is 26.0 Å². The maximum Gasteiger partial charge on any atom is 0.260 e. The van der Waals surface area contributed by atoms with Crippen LogP contribution in [0, 0.1) is 0 Å². The van der Waals surface area contributed by atoms with Crippen molar-refractivity contribution in [3.63, 3.8) is 0 Å². The summed E-state index contributed by atoms with van der Waals surface area (Å²) in [7, 11) is 0. The highest BCUT2D eigenvalue weighted by Gasteiger charge is 2.16. The Morgan fingerprint density at radius 1 is 1.41 bits per heavy atom. The van der Waals surface area contributed by atoms with Crippen molar-refractivity contribution in [2.24, 2.45) is 0 Å². The van der Waals surface area contributed by atoms with Crippen LogP contribution in [0.3, 0.4) is 0 Å². The van der Waals surface area contributed by atoms with Crippen LogP contribution in [0.15, 0.2) is 24.3 Å². The third-order valence-electron chi connectivity index (χ3n) is 2.51. The zero-order valence-electron chi connectivity index (χ0n) is 10.4. The highest BCUT2D eigenvalue weighted by atomic mass is 35.5. The van der Waals surface area contributed by atoms with Gasteiger partial charge in [0, 0.05) is 6.04 Å². The van der Waals surface area contributed by atoms with E-state index in [0.717, 1.165) is 6.42 Å². The summed E-state index contributed by atoms with van der Waals surface area (Å²) in [5, 5.41) is 3.37. The van der Waals surface area contributed by atoms with E-state index >= 15 is 0 Å². The van der Waals surface area contributed by atoms with Gasteiger partial charge in [-0.25, -0.2) is 0 Å². The number of amides is 1. The lowest BCUT2D eigenvalue weighted by molar-refractivity contribution is -0.127. The summed E-state index contributed by atoms with van der Waals surface area (Å²) in [6, 6.07) is 7.27. The maximum absolute atomic E-state index is 11.7. The van der Waals surface area contributed by atoms with E-state index in [1.54, 1.807) is 19.1 Å². The molecule has 0 aliphatic carbocycles. The molecule has 4 heteroatoms. The average Bonchev–Trinajstić information content (AvgIpc) is 2.31. The number of nitrogens with one attached hydrogen (secondary N) is 1. The summed E-state index contributed by atoms with van der Waals surface area (Å²) in [6.45, 7) is 5.69. The monoisotopic (exact) mass is 255 g/mol. The molecule has 2 atom stereocenters. The van der Waals surface area contributed by atoms with E-state index in [1.165, 1.54) is 0 Å². The number of carbonyl (C=O) groups excluding carboxylic acids is 1. The Balaban J connectivity index is 2.57. The molecule has 17 heavy (non-hydrogen) atoms. The zero-order valence-corrected chi connectivity index (χ0v) is 11.1. The van der Waals surface area contributed by atoms with Crippen LogP contribution in [0.4, 0.5) is 0 Å². The van der Waals surface area contributed by atoms with Crippen LogP contribution < -0.4 is 10.1 Å². The van der Waals surface area contributed by atoms with Gasteiger partial charge in [0.25, 0.3) is 5.91 Å². The predicted octanol–water partition coefficient (Wildman–Crippen LogP) is 3.02. The van der Waals surface area contributed by atoms with Crippen LogP contribution in [-0.4, -0.2) is 18.1 Å². The fourth-order valence-corrected chi connectivity index (χ4v) is 1.43. The number of para-hydroxylation sites is 1. The molecule has 0 bridgehead atoms. The molecule has 0 heterocycles. The molecular weight excluding hydrogens is 238 g/mol. The number of halogens is 1. The van der Waals surface area contributed by atoms with Crippen molar-refractivity contribution >= 4 is 17.5 Å². The Morgan fingerprint density at radius 2 is 2.06 bits per heavy atom. The molecular formula is C13H18ClNO2. The van der Waals surface area contributed by atoms with Gasteiger partial charge in [-0.05, 0) is 32.4 Å². The summed E-state index contributed by atoms with van der Waals surface area (Å²) in [5.74, 6) is 0.403. The second-order valence-electron chi connectivity index (χ2n) is 4.01. The Morgan fingerprint density at radius 3 is 2.65 bits per heavy atom. The molecule has 0 fully saturated rings. The number of benzene rings is 1. The highest BCUT2D eigenvalue weighted by molar-refractivity contribution is 6.32. The molecule has 0 unspecified atom stereocenters. The molecule has 1 rings (SSSR count). The molecule has 1 amide bonds. The number of hydrogen-bond acceptors (Lipinski definition) is 2. The first-order chi connectivity index (χ1) is 8.04. The smallest absolute Gasteiger partial charge is 0.260 e. The Hall–Kier alpha value is -1.22. The van der Waals surface area contributed by atoms with Gasteiger partial charge in [-0.15, -0.1) is 0 Å². The first-order valence-electron chi connectivity index (χ1n) is 5.76. The summed E-state index contributed by atoms with van der Waals surface area (Å²) >= 11 is 5.95. The molecule has 94 valence electrons. The Labute approximate surface area is 107 Å². The predicted molar refractivity (Wildman–Crippen MR) is 69.4 cm³/mol. The summed E-state index contributed by atoms with van der Waals surface area (Å²) < 4.78 is 5.51. The summed E-state index contributed by atoms with van der Waals surface area (Å²) in [4.78, 5) is 11.7. The zero-order chi connectivity index (χ0) is 12.8. The lowest BCUT2D eigenvalue weighted by atomic mass is 10.2. The van der Waals surface area contributed by atoms with E-state index in [9.17, 15) is 4.79 Å². The number of rotatable bonds is 5. The van der Waals surface area contributed by atoms with Crippen molar-refractivity contribution in [1.82, 2.24) is 5.32 Å². The molecule has 0 aliphatic rings. The van der Waals surface area contributed by atoms with Crippen LogP contribution in [0.1, 0.15) is 27.2 Å². The van der Waals surface area contributed by atoms with Crippen LogP contribution in [0.25, 0.3) is 0 Å². The van der Waals surface area contributed by atoms with Crippen molar-refractivity contribution in [2.45, 2.75) is 39.3 Å². The molecule has 1 aromatic rings. The van der Waals surface area contributed by atoms with Crippen molar-refractivity contribution in [3.05, 3.63) is 29.3 Å². The summed E-state index contributed by atoms with van der Waals surface area (Å²) in [6.07, 6.45) is 0.341. The van der Waals surface area contributed by atoms with Crippen molar-refractivity contribution in [2.75, 3.05) is 0 Å². The van der Waals surface area contributed by atoms with Gasteiger partial charge in [-0.2, -0.15) is 0 Å². The number of hydrogen-bond donors (Lipinski definition) is 1. The largest absolute Gasteiger partial charge is 0.479 e. The minimum absolute atomic E-state index is 0.126. The van der Waals surface area contributed by atoms with E-state index in [2.05, 4.69) is 5.32 Å². The SMILES string of the molecule is CC[C@@H](C)NC(=O)[C@H](C)Oc1ccccc1Cl. The normalized spacial score (nSPS) is 13.9. The maximum atomic E-state index is 11.7. The van der Waals surface area contributed by atoms with Crippen LogP contribution in [0.2, 0.25) is 5.02 Å². The first kappa shape index (κ1) is 13.8. The Kier molecular flexibility index (Phi) is 5.29. The van der Waals surface area contributed by atoms with Crippen LogP contribution >= 0.6 is 11.6 Å². The van der Waals surface area contributed by atoms with Gasteiger partial charge >= 0.3 is 0 Å². The van der Waals surface area contributed by atoms with E-state index in [0.29, 0.717) is 10.8 Å². The summed E-state index contributed by atoms with van der Waals surface area (Å²) in [5.41, 5.74) is 0. The molecule has 0 radical (unpaired) electrons. The quantitative estimate of drug-likeness (QED) is 0.878. The minimum atomic E-state index is -0.552. The fraction of sp³-hybridized carbons (Fsp3) is 0.462. The van der Waals surface area contributed by atoms with Crippen molar-refractivity contribution < 1.29 is 9.53 Å².